The number of carbonyl (C=O) groups excluding carboxylic acids is 1. The zero-order chi connectivity index (χ0) is 17.5. The van der Waals surface area contributed by atoms with Crippen LogP contribution in [0.3, 0.4) is 0 Å². The Kier molecular flexibility index (Phi) is 5.71. The lowest BCUT2D eigenvalue weighted by Gasteiger charge is -2.11. The molecular weight excluding hydrogens is 336 g/mol. The van der Waals surface area contributed by atoms with Gasteiger partial charge in [0.2, 0.25) is 0 Å². The molecule has 128 valence electrons. The fraction of sp³-hybridized carbons (Fsp3) is 0.167. The van der Waals surface area contributed by atoms with Crippen molar-refractivity contribution in [2.45, 2.75) is 20.1 Å². The Morgan fingerprint density at radius 1 is 1.16 bits per heavy atom. The standard InChI is InChI=1S/C18H18N4O2S/c1-13-21-15(12-25-13)11-24-22-18(23)16-7-2-3-8-17(16)20-10-14-6-4-5-9-19-14/h2-9,12,20H,10-11H2,1H3,(H,22,23). The number of pyridine rings is 1. The molecule has 2 aromatic heterocycles. The monoisotopic (exact) mass is 354 g/mol. The molecule has 0 fully saturated rings. The summed E-state index contributed by atoms with van der Waals surface area (Å²) in [6.45, 7) is 2.69. The van der Waals surface area contributed by atoms with E-state index in [1.165, 1.54) is 0 Å². The van der Waals surface area contributed by atoms with Gasteiger partial charge in [0.05, 0.1) is 28.5 Å². The molecule has 3 aromatic rings. The molecule has 25 heavy (non-hydrogen) atoms. The van der Waals surface area contributed by atoms with Crippen LogP contribution in [0.5, 0.6) is 0 Å². The second-order valence-corrected chi connectivity index (χ2v) is 6.36. The Hall–Kier alpha value is -2.77. The van der Waals surface area contributed by atoms with Crippen LogP contribution in [-0.4, -0.2) is 15.9 Å². The topological polar surface area (TPSA) is 76.1 Å². The second kappa shape index (κ2) is 8.36. The van der Waals surface area contributed by atoms with Crippen molar-refractivity contribution in [1.82, 2.24) is 15.4 Å². The number of hydroxylamine groups is 1. The first kappa shape index (κ1) is 17.1. The maximum absolute atomic E-state index is 12.4. The quantitative estimate of drug-likeness (QED) is 0.637. The molecule has 1 amide bonds. The van der Waals surface area contributed by atoms with Crippen molar-refractivity contribution < 1.29 is 9.63 Å². The van der Waals surface area contributed by atoms with E-state index < -0.39 is 0 Å². The molecule has 0 aliphatic carbocycles. The minimum absolute atomic E-state index is 0.236. The van der Waals surface area contributed by atoms with Crippen LogP contribution in [0.15, 0.2) is 54.0 Å². The van der Waals surface area contributed by atoms with E-state index in [4.69, 9.17) is 4.84 Å². The number of hydrogen-bond acceptors (Lipinski definition) is 6. The number of carbonyl (C=O) groups is 1. The minimum Gasteiger partial charge on any atom is -0.379 e. The number of rotatable bonds is 7. The molecule has 2 heterocycles. The molecule has 0 saturated heterocycles. The molecule has 1 aromatic carbocycles. The molecule has 0 atom stereocenters. The number of nitrogens with zero attached hydrogens (tertiary/aromatic N) is 2. The minimum atomic E-state index is -0.309. The number of anilines is 1. The lowest BCUT2D eigenvalue weighted by molar-refractivity contribution is 0.0224. The second-order valence-electron chi connectivity index (χ2n) is 5.30. The molecule has 2 N–H and O–H groups in total. The molecule has 0 bridgehead atoms. The zero-order valence-electron chi connectivity index (χ0n) is 13.7. The zero-order valence-corrected chi connectivity index (χ0v) is 14.5. The summed E-state index contributed by atoms with van der Waals surface area (Å²) in [5.41, 5.74) is 5.39. The van der Waals surface area contributed by atoms with E-state index in [1.807, 2.05) is 48.7 Å². The molecule has 0 unspecified atom stereocenters. The summed E-state index contributed by atoms with van der Waals surface area (Å²) in [5, 5.41) is 6.11. The van der Waals surface area contributed by atoms with Crippen LogP contribution in [0, 0.1) is 6.92 Å². The van der Waals surface area contributed by atoms with Gasteiger partial charge in [-0.1, -0.05) is 18.2 Å². The molecular formula is C18H18N4O2S. The largest absolute Gasteiger partial charge is 0.379 e. The summed E-state index contributed by atoms with van der Waals surface area (Å²) < 4.78 is 0. The van der Waals surface area contributed by atoms with E-state index in [0.717, 1.165) is 22.1 Å². The maximum Gasteiger partial charge on any atom is 0.276 e. The lowest BCUT2D eigenvalue weighted by Crippen LogP contribution is -2.24. The van der Waals surface area contributed by atoms with Crippen LogP contribution in [-0.2, 0) is 18.0 Å². The van der Waals surface area contributed by atoms with Gasteiger partial charge in [0, 0.05) is 17.3 Å². The third kappa shape index (κ3) is 4.85. The number of hydrogen-bond donors (Lipinski definition) is 2. The summed E-state index contributed by atoms with van der Waals surface area (Å²) >= 11 is 1.55. The van der Waals surface area contributed by atoms with Crippen molar-refractivity contribution in [1.29, 1.82) is 0 Å². The first-order chi connectivity index (χ1) is 12.2. The van der Waals surface area contributed by atoms with Crippen LogP contribution in [0.25, 0.3) is 0 Å². The van der Waals surface area contributed by atoms with Gasteiger partial charge in [0.1, 0.15) is 6.61 Å². The van der Waals surface area contributed by atoms with Crippen molar-refractivity contribution in [2.75, 3.05) is 5.32 Å². The van der Waals surface area contributed by atoms with E-state index >= 15 is 0 Å². The number of thiazole rings is 1. The molecule has 0 saturated carbocycles. The molecule has 0 aliphatic heterocycles. The van der Waals surface area contributed by atoms with Gasteiger partial charge >= 0.3 is 0 Å². The predicted octanol–water partition coefficient (Wildman–Crippen LogP) is 3.32. The van der Waals surface area contributed by atoms with E-state index in [0.29, 0.717) is 12.1 Å². The van der Waals surface area contributed by atoms with E-state index in [2.05, 4.69) is 20.8 Å². The van der Waals surface area contributed by atoms with Gasteiger partial charge in [-0.05, 0) is 31.2 Å². The Morgan fingerprint density at radius 3 is 2.76 bits per heavy atom. The molecule has 0 spiro atoms. The van der Waals surface area contributed by atoms with Crippen LogP contribution < -0.4 is 10.8 Å². The van der Waals surface area contributed by atoms with Gasteiger partial charge in [-0.25, -0.2) is 10.5 Å². The highest BCUT2D eigenvalue weighted by Gasteiger charge is 2.11. The van der Waals surface area contributed by atoms with Crippen molar-refractivity contribution >= 4 is 22.9 Å². The Balaban J connectivity index is 1.58. The summed E-state index contributed by atoms with van der Waals surface area (Å²) in [6.07, 6.45) is 1.74. The average molecular weight is 354 g/mol. The number of amides is 1. The van der Waals surface area contributed by atoms with Crippen molar-refractivity contribution in [3.8, 4) is 0 Å². The Labute approximate surface area is 149 Å². The van der Waals surface area contributed by atoms with Crippen LogP contribution >= 0.6 is 11.3 Å². The van der Waals surface area contributed by atoms with Crippen LogP contribution in [0.2, 0.25) is 0 Å². The summed E-state index contributed by atoms with van der Waals surface area (Å²) in [6, 6.07) is 13.0. The fourth-order valence-electron chi connectivity index (χ4n) is 2.23. The average Bonchev–Trinajstić information content (AvgIpc) is 3.06. The van der Waals surface area contributed by atoms with Crippen molar-refractivity contribution in [3.05, 3.63) is 76.0 Å². The molecule has 0 aliphatic rings. The first-order valence-electron chi connectivity index (χ1n) is 7.78. The number of aromatic nitrogens is 2. The van der Waals surface area contributed by atoms with Crippen LogP contribution in [0.1, 0.15) is 26.8 Å². The number of para-hydroxylation sites is 1. The molecule has 6 nitrogen and oxygen atoms in total. The van der Waals surface area contributed by atoms with Gasteiger partial charge in [-0.3, -0.25) is 14.6 Å². The van der Waals surface area contributed by atoms with E-state index in [-0.39, 0.29) is 12.5 Å². The molecule has 7 heteroatoms. The number of nitrogens with one attached hydrogen (secondary N) is 2. The van der Waals surface area contributed by atoms with Gasteiger partial charge in [0.15, 0.2) is 0 Å². The maximum atomic E-state index is 12.4. The van der Waals surface area contributed by atoms with Gasteiger partial charge in [0.25, 0.3) is 5.91 Å². The first-order valence-corrected chi connectivity index (χ1v) is 8.66. The normalized spacial score (nSPS) is 10.4. The molecule has 0 radical (unpaired) electrons. The SMILES string of the molecule is Cc1nc(CONC(=O)c2ccccc2NCc2ccccn2)cs1. The van der Waals surface area contributed by atoms with E-state index in [9.17, 15) is 4.79 Å². The fourth-order valence-corrected chi connectivity index (χ4v) is 2.83. The van der Waals surface area contributed by atoms with E-state index in [1.54, 1.807) is 23.6 Å². The highest BCUT2D eigenvalue weighted by atomic mass is 32.1. The Bertz CT molecular complexity index is 836. The highest BCUT2D eigenvalue weighted by molar-refractivity contribution is 7.09. The number of benzene rings is 1. The van der Waals surface area contributed by atoms with Gasteiger partial charge in [-0.2, -0.15) is 0 Å². The summed E-state index contributed by atoms with van der Waals surface area (Å²) in [4.78, 5) is 26.2. The van der Waals surface area contributed by atoms with Crippen LogP contribution in [0.4, 0.5) is 5.69 Å². The molecule has 3 rings (SSSR count). The Morgan fingerprint density at radius 2 is 2.00 bits per heavy atom. The lowest BCUT2D eigenvalue weighted by atomic mass is 10.1. The third-order valence-electron chi connectivity index (χ3n) is 3.41. The third-order valence-corrected chi connectivity index (χ3v) is 4.23. The number of aryl methyl sites for hydroxylation is 1. The predicted molar refractivity (Wildman–Crippen MR) is 97.1 cm³/mol. The van der Waals surface area contributed by atoms with Gasteiger partial charge in [-0.15, -0.1) is 11.3 Å². The summed E-state index contributed by atoms with van der Waals surface area (Å²) in [7, 11) is 0. The smallest absolute Gasteiger partial charge is 0.276 e. The van der Waals surface area contributed by atoms with Crippen molar-refractivity contribution in [2.24, 2.45) is 0 Å². The van der Waals surface area contributed by atoms with Crippen molar-refractivity contribution in [3.63, 3.8) is 0 Å². The van der Waals surface area contributed by atoms with Gasteiger partial charge < -0.3 is 5.32 Å². The highest BCUT2D eigenvalue weighted by Crippen LogP contribution is 2.16. The summed E-state index contributed by atoms with van der Waals surface area (Å²) in [5.74, 6) is -0.309.